The predicted octanol–water partition coefficient (Wildman–Crippen LogP) is 13.5. The van der Waals surface area contributed by atoms with Gasteiger partial charge in [-0.2, -0.15) is 0 Å². The molecule has 0 unspecified atom stereocenters. The Labute approximate surface area is 323 Å². The highest BCUT2D eigenvalue weighted by Crippen LogP contribution is 2.54. The molecule has 0 saturated carbocycles. The minimum absolute atomic E-state index is 0.0394. The van der Waals surface area contributed by atoms with Gasteiger partial charge in [-0.3, -0.25) is 0 Å². The van der Waals surface area contributed by atoms with E-state index in [4.69, 9.17) is 0 Å². The van der Waals surface area contributed by atoms with Crippen LogP contribution in [0.1, 0.15) is 0 Å². The molecule has 0 atom stereocenters. The predicted molar refractivity (Wildman–Crippen MR) is 230 cm³/mol. The Hall–Kier alpha value is -7.56. The van der Waals surface area contributed by atoms with Crippen LogP contribution in [-0.4, -0.2) is 20.4 Å². The Bertz CT molecular complexity index is 2980. The van der Waals surface area contributed by atoms with E-state index in [1.165, 1.54) is 0 Å². The number of phenols is 4. The van der Waals surface area contributed by atoms with Gasteiger partial charge in [0.25, 0.3) is 0 Å². The van der Waals surface area contributed by atoms with Crippen LogP contribution in [0.4, 0.5) is 0 Å². The van der Waals surface area contributed by atoms with Crippen LogP contribution >= 0.6 is 0 Å². The Balaban J connectivity index is 1.20. The molecule has 0 fully saturated rings. The maximum absolute atomic E-state index is 12.5. The lowest BCUT2D eigenvalue weighted by atomic mass is 9.85. The van der Waals surface area contributed by atoms with Gasteiger partial charge >= 0.3 is 0 Å². The summed E-state index contributed by atoms with van der Waals surface area (Å²) in [6, 6.07) is 58.7. The van der Waals surface area contributed by atoms with E-state index in [1.54, 1.807) is 12.1 Å². The molecule has 4 nitrogen and oxygen atoms in total. The second kappa shape index (κ2) is 13.1. The van der Waals surface area contributed by atoms with Gasteiger partial charge in [0.05, 0.1) is 0 Å². The van der Waals surface area contributed by atoms with Crippen LogP contribution in [0.3, 0.4) is 0 Å². The summed E-state index contributed by atoms with van der Waals surface area (Å²) in [4.78, 5) is 0. The third-order valence-corrected chi connectivity index (χ3v) is 11.1. The fraction of sp³-hybridized carbons (Fsp3) is 0. The van der Waals surface area contributed by atoms with Gasteiger partial charge in [0, 0.05) is 44.5 Å². The summed E-state index contributed by atoms with van der Waals surface area (Å²) in [5, 5.41) is 56.4. The van der Waals surface area contributed by atoms with Crippen molar-refractivity contribution in [3.8, 4) is 78.6 Å². The second-order valence-electron chi connectivity index (χ2n) is 14.3. The van der Waals surface area contributed by atoms with Crippen molar-refractivity contribution in [1.29, 1.82) is 0 Å². The number of phenolic OH excluding ortho intramolecular Hbond substituents is 4. The molecule has 0 radical (unpaired) electrons. The fourth-order valence-electron chi connectivity index (χ4n) is 8.29. The van der Waals surface area contributed by atoms with Gasteiger partial charge in [0.1, 0.15) is 23.0 Å². The van der Waals surface area contributed by atoms with E-state index in [0.29, 0.717) is 44.5 Å². The SMILES string of the molecule is Oc1c(-c2ccc3ccccc3c2)cccc1-c1cc2ccccc2c(-c2c(O)c(-c3cccc(-c4ccc5ccccc5c4)c3O)cc3ccccc23)c1O. The third kappa shape index (κ3) is 5.31. The number of para-hydroxylation sites is 2. The van der Waals surface area contributed by atoms with Crippen molar-refractivity contribution >= 4 is 43.1 Å². The van der Waals surface area contributed by atoms with E-state index < -0.39 is 0 Å². The van der Waals surface area contributed by atoms with Crippen molar-refractivity contribution in [1.82, 2.24) is 0 Å². The lowest BCUT2D eigenvalue weighted by molar-refractivity contribution is 0.467. The molecule has 0 amide bonds. The molecule has 56 heavy (non-hydrogen) atoms. The van der Waals surface area contributed by atoms with Crippen LogP contribution < -0.4 is 0 Å². The molecule has 10 rings (SSSR count). The number of fused-ring (bicyclic) bond motifs is 4. The van der Waals surface area contributed by atoms with Gasteiger partial charge in [-0.25, -0.2) is 0 Å². The first-order chi connectivity index (χ1) is 27.4. The zero-order valence-electron chi connectivity index (χ0n) is 30.1. The molecule has 0 spiro atoms. The minimum atomic E-state index is -0.0820. The summed E-state index contributed by atoms with van der Waals surface area (Å²) in [5.74, 6) is -0.0852. The molecular formula is C52H34O4. The molecule has 0 saturated heterocycles. The Morgan fingerprint density at radius 1 is 0.232 bits per heavy atom. The molecule has 10 aromatic carbocycles. The third-order valence-electron chi connectivity index (χ3n) is 11.1. The molecule has 0 heterocycles. The minimum Gasteiger partial charge on any atom is -0.507 e. The van der Waals surface area contributed by atoms with Crippen molar-refractivity contribution in [3.63, 3.8) is 0 Å². The summed E-state index contributed by atoms with van der Waals surface area (Å²) in [5.41, 5.74) is 5.60. The smallest absolute Gasteiger partial charge is 0.132 e. The molecule has 266 valence electrons. The first-order valence-electron chi connectivity index (χ1n) is 18.6. The molecule has 10 aromatic rings. The standard InChI is InChI=1S/C52H34O4/c53-49-41(37-25-23-31-11-1-3-13-33(31)27-37)19-9-21-43(49)45-29-35-15-5-7-17-39(35)47(51(45)55)48-40-18-8-6-16-36(40)30-46(52(48)56)44-22-10-20-42(50(44)54)38-26-24-32-12-2-4-14-34(32)28-38/h1-30,53-56H. The Kier molecular flexibility index (Phi) is 7.72. The number of aromatic hydroxyl groups is 4. The highest BCUT2D eigenvalue weighted by molar-refractivity contribution is 6.14. The van der Waals surface area contributed by atoms with Crippen LogP contribution in [0.15, 0.2) is 182 Å². The average Bonchev–Trinajstić information content (AvgIpc) is 3.24. The van der Waals surface area contributed by atoms with E-state index in [9.17, 15) is 20.4 Å². The van der Waals surface area contributed by atoms with Gasteiger partial charge in [-0.1, -0.05) is 158 Å². The summed E-state index contributed by atoms with van der Waals surface area (Å²) >= 11 is 0. The lowest BCUT2D eigenvalue weighted by Gasteiger charge is -2.21. The fourth-order valence-corrected chi connectivity index (χ4v) is 8.29. The quantitative estimate of drug-likeness (QED) is 0.143. The lowest BCUT2D eigenvalue weighted by Crippen LogP contribution is -1.93. The van der Waals surface area contributed by atoms with Crippen molar-refractivity contribution < 1.29 is 20.4 Å². The van der Waals surface area contributed by atoms with Gasteiger partial charge in [-0.15, -0.1) is 0 Å². The van der Waals surface area contributed by atoms with E-state index in [2.05, 4.69) is 24.3 Å². The van der Waals surface area contributed by atoms with Crippen LogP contribution in [0.5, 0.6) is 23.0 Å². The topological polar surface area (TPSA) is 80.9 Å². The summed E-state index contributed by atoms with van der Waals surface area (Å²) in [6.07, 6.45) is 0. The zero-order valence-corrected chi connectivity index (χ0v) is 30.1. The molecular weight excluding hydrogens is 689 g/mol. The van der Waals surface area contributed by atoms with E-state index >= 15 is 0 Å². The summed E-state index contributed by atoms with van der Waals surface area (Å²) in [7, 11) is 0. The molecule has 0 aliphatic carbocycles. The van der Waals surface area contributed by atoms with Crippen LogP contribution in [0.25, 0.3) is 98.7 Å². The number of hydrogen-bond donors (Lipinski definition) is 4. The molecule has 0 aliphatic rings. The van der Waals surface area contributed by atoms with E-state index in [1.807, 2.05) is 146 Å². The highest BCUT2D eigenvalue weighted by Gasteiger charge is 2.26. The second-order valence-corrected chi connectivity index (χ2v) is 14.3. The molecule has 0 aliphatic heterocycles. The zero-order chi connectivity index (χ0) is 37.9. The van der Waals surface area contributed by atoms with Crippen molar-refractivity contribution in [3.05, 3.63) is 182 Å². The van der Waals surface area contributed by atoms with Crippen LogP contribution in [-0.2, 0) is 0 Å². The van der Waals surface area contributed by atoms with Gasteiger partial charge < -0.3 is 20.4 Å². The summed E-state index contributed by atoms with van der Waals surface area (Å²) in [6.45, 7) is 0. The van der Waals surface area contributed by atoms with E-state index in [-0.39, 0.29) is 23.0 Å². The summed E-state index contributed by atoms with van der Waals surface area (Å²) < 4.78 is 0. The largest absolute Gasteiger partial charge is 0.507 e. The van der Waals surface area contributed by atoms with Gasteiger partial charge in [0.15, 0.2) is 0 Å². The molecule has 4 N–H and O–H groups in total. The monoisotopic (exact) mass is 722 g/mol. The Morgan fingerprint density at radius 2 is 0.589 bits per heavy atom. The van der Waals surface area contributed by atoms with Crippen molar-refractivity contribution in [2.75, 3.05) is 0 Å². The van der Waals surface area contributed by atoms with E-state index in [0.717, 1.165) is 54.2 Å². The van der Waals surface area contributed by atoms with Crippen molar-refractivity contribution in [2.24, 2.45) is 0 Å². The average molecular weight is 723 g/mol. The first-order valence-corrected chi connectivity index (χ1v) is 18.6. The van der Waals surface area contributed by atoms with Gasteiger partial charge in [0.2, 0.25) is 0 Å². The van der Waals surface area contributed by atoms with Crippen LogP contribution in [0.2, 0.25) is 0 Å². The van der Waals surface area contributed by atoms with Crippen molar-refractivity contribution in [2.45, 2.75) is 0 Å². The molecule has 0 aromatic heterocycles. The Morgan fingerprint density at radius 3 is 1.02 bits per heavy atom. The van der Waals surface area contributed by atoms with Gasteiger partial charge in [-0.05, 0) is 78.5 Å². The maximum Gasteiger partial charge on any atom is 0.132 e. The normalized spacial score (nSPS) is 11.5. The van der Waals surface area contributed by atoms with Crippen LogP contribution in [0, 0.1) is 0 Å². The highest BCUT2D eigenvalue weighted by atomic mass is 16.3. The molecule has 0 bridgehead atoms. The first kappa shape index (κ1) is 33.0. The maximum atomic E-state index is 12.5. The number of hydrogen-bond acceptors (Lipinski definition) is 4. The molecule has 4 heteroatoms. The number of benzene rings is 10. The number of rotatable bonds is 5.